The number of allylic oxidation sites excluding steroid dienone is 1. The maximum absolute atomic E-state index is 12.1. The minimum absolute atomic E-state index is 0.207. The van der Waals surface area contributed by atoms with Crippen LogP contribution in [-0.2, 0) is 16.0 Å². The second kappa shape index (κ2) is 5.49. The first-order chi connectivity index (χ1) is 9.74. The van der Waals surface area contributed by atoms with Crippen molar-refractivity contribution in [2.75, 3.05) is 6.61 Å². The zero-order valence-corrected chi connectivity index (χ0v) is 11.2. The molecule has 1 saturated heterocycles. The smallest absolute Gasteiger partial charge is 0.417 e. The molecule has 1 aliphatic heterocycles. The van der Waals surface area contributed by atoms with E-state index < -0.39 is 6.09 Å². The Morgan fingerprint density at radius 3 is 2.75 bits per heavy atom. The molecular formula is C16H17NO3. The SMILES string of the molecule is O=C(C=CC1CC1)N1C(=O)OC[C@@H]1Cc1ccccc1. The fourth-order valence-corrected chi connectivity index (χ4v) is 2.35. The van der Waals surface area contributed by atoms with Crippen molar-refractivity contribution in [3.8, 4) is 0 Å². The van der Waals surface area contributed by atoms with Crippen LogP contribution in [0.15, 0.2) is 42.5 Å². The average Bonchev–Trinajstić information content (AvgIpc) is 3.22. The highest BCUT2D eigenvalue weighted by atomic mass is 16.6. The van der Waals surface area contributed by atoms with E-state index in [4.69, 9.17) is 4.74 Å². The molecule has 3 rings (SSSR count). The predicted octanol–water partition coefficient (Wildman–Crippen LogP) is 2.54. The molecular weight excluding hydrogens is 254 g/mol. The monoisotopic (exact) mass is 271 g/mol. The Morgan fingerprint density at radius 2 is 2.05 bits per heavy atom. The van der Waals surface area contributed by atoms with E-state index in [0.29, 0.717) is 12.3 Å². The van der Waals surface area contributed by atoms with Crippen LogP contribution in [0.2, 0.25) is 0 Å². The molecule has 0 bridgehead atoms. The van der Waals surface area contributed by atoms with Gasteiger partial charge in [-0.25, -0.2) is 9.69 Å². The summed E-state index contributed by atoms with van der Waals surface area (Å²) in [6, 6.07) is 9.62. The van der Waals surface area contributed by atoms with Gasteiger partial charge in [0.15, 0.2) is 0 Å². The van der Waals surface area contributed by atoms with Crippen LogP contribution in [-0.4, -0.2) is 29.5 Å². The molecule has 4 heteroatoms. The zero-order chi connectivity index (χ0) is 13.9. The summed E-state index contributed by atoms with van der Waals surface area (Å²) in [6.45, 7) is 0.275. The summed E-state index contributed by atoms with van der Waals surface area (Å²) < 4.78 is 5.03. The van der Waals surface area contributed by atoms with E-state index in [2.05, 4.69) is 0 Å². The first kappa shape index (κ1) is 12.9. The van der Waals surface area contributed by atoms with Crippen molar-refractivity contribution in [1.82, 2.24) is 4.90 Å². The normalized spacial score (nSPS) is 22.3. The highest BCUT2D eigenvalue weighted by Crippen LogP contribution is 2.30. The predicted molar refractivity (Wildman–Crippen MR) is 74.0 cm³/mol. The number of nitrogens with zero attached hydrogens (tertiary/aromatic N) is 1. The topological polar surface area (TPSA) is 46.6 Å². The van der Waals surface area contributed by atoms with Crippen molar-refractivity contribution in [3.63, 3.8) is 0 Å². The molecule has 2 amide bonds. The molecule has 1 aliphatic carbocycles. The van der Waals surface area contributed by atoms with Crippen LogP contribution in [0, 0.1) is 5.92 Å². The number of benzene rings is 1. The van der Waals surface area contributed by atoms with Crippen molar-refractivity contribution in [2.45, 2.75) is 25.3 Å². The van der Waals surface area contributed by atoms with Gasteiger partial charge in [-0.2, -0.15) is 0 Å². The number of carbonyl (C=O) groups excluding carboxylic acids is 2. The highest BCUT2D eigenvalue weighted by molar-refractivity contribution is 5.99. The Bertz CT molecular complexity index is 534. The van der Waals surface area contributed by atoms with Crippen LogP contribution in [0.3, 0.4) is 0 Å². The third kappa shape index (κ3) is 2.90. The van der Waals surface area contributed by atoms with E-state index in [9.17, 15) is 9.59 Å². The molecule has 20 heavy (non-hydrogen) atoms. The molecule has 1 saturated carbocycles. The van der Waals surface area contributed by atoms with Gasteiger partial charge >= 0.3 is 6.09 Å². The van der Waals surface area contributed by atoms with Crippen LogP contribution in [0.1, 0.15) is 18.4 Å². The fourth-order valence-electron chi connectivity index (χ4n) is 2.35. The number of imide groups is 1. The molecule has 1 aromatic carbocycles. The van der Waals surface area contributed by atoms with Gasteiger partial charge in [-0.05, 0) is 36.8 Å². The van der Waals surface area contributed by atoms with Gasteiger partial charge < -0.3 is 4.74 Å². The molecule has 0 radical (unpaired) electrons. The van der Waals surface area contributed by atoms with Crippen molar-refractivity contribution >= 4 is 12.0 Å². The molecule has 0 aromatic heterocycles. The summed E-state index contributed by atoms with van der Waals surface area (Å²) in [5.74, 6) is 0.255. The lowest BCUT2D eigenvalue weighted by Gasteiger charge is -2.18. The zero-order valence-electron chi connectivity index (χ0n) is 11.2. The van der Waals surface area contributed by atoms with Gasteiger partial charge in [0.1, 0.15) is 6.61 Å². The second-order valence-electron chi connectivity index (χ2n) is 5.33. The fraction of sp³-hybridized carbons (Fsp3) is 0.375. The molecule has 2 fully saturated rings. The first-order valence-electron chi connectivity index (χ1n) is 6.96. The highest BCUT2D eigenvalue weighted by Gasteiger charge is 2.37. The minimum Gasteiger partial charge on any atom is -0.447 e. The van der Waals surface area contributed by atoms with Gasteiger partial charge in [-0.1, -0.05) is 36.4 Å². The maximum Gasteiger partial charge on any atom is 0.417 e. The minimum atomic E-state index is -0.531. The third-order valence-corrected chi connectivity index (χ3v) is 3.65. The largest absolute Gasteiger partial charge is 0.447 e. The Balaban J connectivity index is 1.69. The first-order valence-corrected chi connectivity index (χ1v) is 6.96. The molecule has 1 aromatic rings. The van der Waals surface area contributed by atoms with Gasteiger partial charge in [-0.3, -0.25) is 4.79 Å². The van der Waals surface area contributed by atoms with Crippen molar-refractivity contribution < 1.29 is 14.3 Å². The van der Waals surface area contributed by atoms with Gasteiger partial charge in [-0.15, -0.1) is 0 Å². The van der Waals surface area contributed by atoms with Crippen molar-refractivity contribution in [2.24, 2.45) is 5.92 Å². The van der Waals surface area contributed by atoms with E-state index in [1.54, 1.807) is 0 Å². The second-order valence-corrected chi connectivity index (χ2v) is 5.33. The van der Waals surface area contributed by atoms with Gasteiger partial charge in [0, 0.05) is 0 Å². The third-order valence-electron chi connectivity index (χ3n) is 3.65. The lowest BCUT2D eigenvalue weighted by atomic mass is 10.1. The quantitative estimate of drug-likeness (QED) is 0.791. The van der Waals surface area contributed by atoms with E-state index in [-0.39, 0.29) is 18.6 Å². The van der Waals surface area contributed by atoms with Crippen molar-refractivity contribution in [1.29, 1.82) is 0 Å². The van der Waals surface area contributed by atoms with Gasteiger partial charge in [0.25, 0.3) is 5.91 Å². The summed E-state index contributed by atoms with van der Waals surface area (Å²) in [5.41, 5.74) is 1.10. The summed E-state index contributed by atoms with van der Waals surface area (Å²) in [5, 5.41) is 0. The molecule has 0 unspecified atom stereocenters. The summed E-state index contributed by atoms with van der Waals surface area (Å²) in [6.07, 6.45) is 5.80. The number of hydrogen-bond donors (Lipinski definition) is 0. The number of rotatable bonds is 4. The lowest BCUT2D eigenvalue weighted by molar-refractivity contribution is -0.124. The number of carbonyl (C=O) groups is 2. The van der Waals surface area contributed by atoms with E-state index in [0.717, 1.165) is 18.4 Å². The maximum atomic E-state index is 12.1. The van der Waals surface area contributed by atoms with Crippen LogP contribution in [0.5, 0.6) is 0 Å². The molecule has 0 spiro atoms. The lowest BCUT2D eigenvalue weighted by Crippen LogP contribution is -2.39. The van der Waals surface area contributed by atoms with Crippen LogP contribution < -0.4 is 0 Å². The number of ether oxygens (including phenoxy) is 1. The number of hydrogen-bond acceptors (Lipinski definition) is 3. The van der Waals surface area contributed by atoms with Gasteiger partial charge in [0.05, 0.1) is 6.04 Å². The molecule has 104 valence electrons. The summed E-state index contributed by atoms with van der Waals surface area (Å²) in [4.78, 5) is 25.1. The molecule has 2 aliphatic rings. The summed E-state index contributed by atoms with van der Waals surface area (Å²) in [7, 11) is 0. The molecule has 1 atom stereocenters. The van der Waals surface area contributed by atoms with Crippen LogP contribution in [0.25, 0.3) is 0 Å². The standard InChI is InChI=1S/C16H17NO3/c18-15(9-8-12-6-7-12)17-14(11-20-16(17)19)10-13-4-2-1-3-5-13/h1-5,8-9,12,14H,6-7,10-11H2/t14-/m0/s1. The van der Waals surface area contributed by atoms with Gasteiger partial charge in [0.2, 0.25) is 0 Å². The number of cyclic esters (lactones) is 1. The Kier molecular flexibility index (Phi) is 3.54. The molecule has 1 heterocycles. The average molecular weight is 271 g/mol. The molecule has 0 N–H and O–H groups in total. The van der Waals surface area contributed by atoms with Crippen molar-refractivity contribution in [3.05, 3.63) is 48.0 Å². The van der Waals surface area contributed by atoms with Crippen LogP contribution in [0.4, 0.5) is 4.79 Å². The van der Waals surface area contributed by atoms with E-state index >= 15 is 0 Å². The van der Waals surface area contributed by atoms with Crippen LogP contribution >= 0.6 is 0 Å². The van der Waals surface area contributed by atoms with E-state index in [1.807, 2.05) is 36.4 Å². The number of amides is 2. The Hall–Kier alpha value is -2.10. The Morgan fingerprint density at radius 1 is 1.30 bits per heavy atom. The Labute approximate surface area is 118 Å². The molecule has 4 nitrogen and oxygen atoms in total. The van der Waals surface area contributed by atoms with E-state index in [1.165, 1.54) is 11.0 Å². The summed E-state index contributed by atoms with van der Waals surface area (Å²) >= 11 is 0.